The molecule has 46 heavy (non-hydrogen) atoms. The van der Waals surface area contributed by atoms with Crippen molar-refractivity contribution in [1.82, 2.24) is 31.9 Å². The molecule has 0 aliphatic heterocycles. The molecule has 15 N–H and O–H groups in total. The van der Waals surface area contributed by atoms with Crippen LogP contribution in [0.4, 0.5) is 0 Å². The number of aliphatic hydroxyl groups is 1. The number of carbonyl (C=O) groups is 10. The second-order valence-electron chi connectivity index (χ2n) is 9.94. The van der Waals surface area contributed by atoms with Crippen LogP contribution in [-0.4, -0.2) is 123 Å². The van der Waals surface area contributed by atoms with Gasteiger partial charge in [-0.15, -0.1) is 0 Å². The van der Waals surface area contributed by atoms with E-state index in [9.17, 15) is 47.9 Å². The summed E-state index contributed by atoms with van der Waals surface area (Å²) in [6, 6.07) is -10.8. The van der Waals surface area contributed by atoms with Crippen LogP contribution < -0.4 is 49.1 Å². The number of hydrogen-bond donors (Lipinski definition) is 12. The summed E-state index contributed by atoms with van der Waals surface area (Å²) in [4.78, 5) is 120. The van der Waals surface area contributed by atoms with Crippen LogP contribution in [0.5, 0.6) is 0 Å². The van der Waals surface area contributed by atoms with Gasteiger partial charge in [-0.2, -0.15) is 0 Å². The topological polar surface area (TPSA) is 382 Å². The van der Waals surface area contributed by atoms with Crippen molar-refractivity contribution in [2.45, 2.75) is 82.3 Å². The third kappa shape index (κ3) is 14.9. The Morgan fingerprint density at radius 2 is 0.848 bits per heavy atom. The molecule has 0 saturated heterocycles. The normalized spacial score (nSPS) is 15.2. The van der Waals surface area contributed by atoms with E-state index in [0.29, 0.717) is 0 Å². The lowest BCUT2D eigenvalue weighted by molar-refractivity contribution is -0.143. The molecule has 0 aromatic rings. The molecule has 0 saturated carbocycles. The van der Waals surface area contributed by atoms with Gasteiger partial charge in [-0.05, 0) is 20.8 Å². The van der Waals surface area contributed by atoms with Crippen molar-refractivity contribution in [1.29, 1.82) is 0 Å². The van der Waals surface area contributed by atoms with Crippen molar-refractivity contribution in [2.75, 3.05) is 6.61 Å². The number of primary amides is 2. The highest BCUT2D eigenvalue weighted by molar-refractivity contribution is 5.98. The van der Waals surface area contributed by atoms with Crippen molar-refractivity contribution >= 4 is 59.2 Å². The lowest BCUT2D eigenvalue weighted by Crippen LogP contribution is -2.59. The van der Waals surface area contributed by atoms with E-state index in [0.717, 1.165) is 6.92 Å². The quantitative estimate of drug-likeness (QED) is 0.0577. The summed E-state index contributed by atoms with van der Waals surface area (Å²) in [6.07, 6.45) is -2.51. The molecule has 0 fully saturated rings. The van der Waals surface area contributed by atoms with Gasteiger partial charge in [-0.1, -0.05) is 0 Å². The van der Waals surface area contributed by atoms with Crippen molar-refractivity contribution < 1.29 is 63.3 Å². The first-order valence-electron chi connectivity index (χ1n) is 13.4. The largest absolute Gasteiger partial charge is 0.481 e. The Morgan fingerprint density at radius 1 is 0.522 bits per heavy atom. The highest BCUT2D eigenvalue weighted by Gasteiger charge is 2.32. The maximum absolute atomic E-state index is 12.8. The van der Waals surface area contributed by atoms with Gasteiger partial charge >= 0.3 is 11.9 Å². The summed E-state index contributed by atoms with van der Waals surface area (Å²) >= 11 is 0. The average Bonchev–Trinajstić information content (AvgIpc) is 2.94. The lowest BCUT2D eigenvalue weighted by Gasteiger charge is -2.24. The van der Waals surface area contributed by atoms with Crippen LogP contribution in [0.25, 0.3) is 0 Å². The number of rotatable bonds is 20. The third-order valence-corrected chi connectivity index (χ3v) is 5.86. The minimum Gasteiger partial charge on any atom is -0.481 e. The van der Waals surface area contributed by atoms with Gasteiger partial charge in [0, 0.05) is 0 Å². The fourth-order valence-electron chi connectivity index (χ4n) is 3.31. The van der Waals surface area contributed by atoms with Gasteiger partial charge in [-0.25, -0.2) is 4.79 Å². The molecule has 0 radical (unpaired) electrons. The molecule has 0 aliphatic carbocycles. The summed E-state index contributed by atoms with van der Waals surface area (Å²) in [5.74, 6) is -11.5. The van der Waals surface area contributed by atoms with Crippen LogP contribution in [0.3, 0.4) is 0 Å². The first-order chi connectivity index (χ1) is 21.2. The van der Waals surface area contributed by atoms with Crippen LogP contribution in [-0.2, 0) is 47.9 Å². The molecule has 0 rings (SSSR count). The zero-order valence-electron chi connectivity index (χ0n) is 25.0. The van der Waals surface area contributed by atoms with Crippen molar-refractivity contribution in [3.63, 3.8) is 0 Å². The monoisotopic (exact) mass is 661 g/mol. The SMILES string of the molecule is C[C@H](NC(=O)[C@H](C)NC(=O)[C@H](CC(N)=O)NC(=O)[C@H](CC(=O)O)NC(=O)[C@@H](N)CO)C(=O)N[C@@H](C)C(=O)N[C@@H](CC(N)=O)C(=O)O. The summed E-state index contributed by atoms with van der Waals surface area (Å²) in [7, 11) is 0. The molecule has 0 bridgehead atoms. The minimum atomic E-state index is -1.80. The van der Waals surface area contributed by atoms with Crippen LogP contribution >= 0.6 is 0 Å². The Kier molecular flexibility index (Phi) is 16.9. The molecule has 22 heteroatoms. The molecule has 22 nitrogen and oxygen atoms in total. The van der Waals surface area contributed by atoms with E-state index in [-0.39, 0.29) is 0 Å². The van der Waals surface area contributed by atoms with E-state index < -0.39 is 127 Å². The summed E-state index contributed by atoms with van der Waals surface area (Å²) < 4.78 is 0. The van der Waals surface area contributed by atoms with Gasteiger partial charge in [0.2, 0.25) is 47.3 Å². The van der Waals surface area contributed by atoms with E-state index in [2.05, 4.69) is 21.3 Å². The van der Waals surface area contributed by atoms with E-state index in [1.54, 1.807) is 0 Å². The van der Waals surface area contributed by atoms with Gasteiger partial charge in [0.15, 0.2) is 0 Å². The Labute approximate surface area is 260 Å². The van der Waals surface area contributed by atoms with Gasteiger partial charge in [0.25, 0.3) is 0 Å². The standard InChI is InChI=1S/C24H39N9O13/c1-8(18(39)29-10(3)20(41)33-14(24(45)46)5-16(27)36)28-19(40)9(2)30-22(43)12(4-15(26)35)32-23(44)13(6-17(37)38)31-21(42)11(25)7-34/h8-14,34H,4-7,25H2,1-3H3,(H2,26,35)(H2,27,36)(H,28,40)(H,29,39)(H,30,43)(H,31,42)(H,32,44)(H,33,41)(H,37,38)(H,45,46)/t8-,9-,10-,11-,12-,13-,14-/m0/s1. The summed E-state index contributed by atoms with van der Waals surface area (Å²) in [5.41, 5.74) is 15.4. The number of nitrogens with one attached hydrogen (secondary N) is 6. The number of carbonyl (C=O) groups excluding carboxylic acids is 8. The van der Waals surface area contributed by atoms with Crippen molar-refractivity contribution in [3.05, 3.63) is 0 Å². The van der Waals surface area contributed by atoms with Crippen LogP contribution in [0, 0.1) is 0 Å². The number of aliphatic hydroxyl groups excluding tert-OH is 1. The highest BCUT2D eigenvalue weighted by atomic mass is 16.4. The Bertz CT molecular complexity index is 1210. The Hall–Kier alpha value is -5.38. The number of hydrogen-bond acceptors (Lipinski definition) is 12. The van der Waals surface area contributed by atoms with Gasteiger partial charge in [-0.3, -0.25) is 43.2 Å². The first-order valence-corrected chi connectivity index (χ1v) is 13.4. The second-order valence-corrected chi connectivity index (χ2v) is 9.94. The lowest BCUT2D eigenvalue weighted by atomic mass is 10.1. The number of carboxylic acid groups (broad SMARTS) is 2. The molecule has 258 valence electrons. The molecule has 0 heterocycles. The van der Waals surface area contributed by atoms with Crippen LogP contribution in [0.2, 0.25) is 0 Å². The molecule has 7 atom stereocenters. The molecule has 8 amide bonds. The predicted molar refractivity (Wildman–Crippen MR) is 151 cm³/mol. The molecular formula is C24H39N9O13. The van der Waals surface area contributed by atoms with E-state index >= 15 is 0 Å². The van der Waals surface area contributed by atoms with Crippen LogP contribution in [0.1, 0.15) is 40.0 Å². The average molecular weight is 662 g/mol. The third-order valence-electron chi connectivity index (χ3n) is 5.86. The van der Waals surface area contributed by atoms with Gasteiger partial charge in [0.05, 0.1) is 25.9 Å². The predicted octanol–water partition coefficient (Wildman–Crippen LogP) is -7.42. The maximum Gasteiger partial charge on any atom is 0.326 e. The Morgan fingerprint density at radius 3 is 1.24 bits per heavy atom. The minimum absolute atomic E-state index is 0.708. The van der Waals surface area contributed by atoms with Gasteiger partial charge in [0.1, 0.15) is 42.3 Å². The Balaban J connectivity index is 5.38. The van der Waals surface area contributed by atoms with E-state index in [1.165, 1.54) is 13.8 Å². The fraction of sp³-hybridized carbons (Fsp3) is 0.583. The number of carboxylic acids is 2. The van der Waals surface area contributed by atoms with Crippen molar-refractivity contribution in [3.8, 4) is 0 Å². The first kappa shape index (κ1) is 40.6. The molecular weight excluding hydrogens is 622 g/mol. The van der Waals surface area contributed by atoms with E-state index in [4.69, 9.17) is 32.5 Å². The molecule has 0 spiro atoms. The zero-order valence-corrected chi connectivity index (χ0v) is 25.0. The molecule has 0 aliphatic rings. The fourth-order valence-corrected chi connectivity index (χ4v) is 3.31. The smallest absolute Gasteiger partial charge is 0.326 e. The molecule has 0 aromatic heterocycles. The maximum atomic E-state index is 12.8. The molecule has 0 aromatic carbocycles. The van der Waals surface area contributed by atoms with Gasteiger partial charge < -0.3 is 64.4 Å². The zero-order chi connectivity index (χ0) is 35.9. The molecule has 0 unspecified atom stereocenters. The van der Waals surface area contributed by atoms with Crippen molar-refractivity contribution in [2.24, 2.45) is 17.2 Å². The second kappa shape index (κ2) is 19.1. The number of amides is 8. The van der Waals surface area contributed by atoms with E-state index in [1.807, 2.05) is 10.6 Å². The highest BCUT2D eigenvalue weighted by Crippen LogP contribution is 2.01. The summed E-state index contributed by atoms with van der Waals surface area (Å²) in [6.45, 7) is 2.72. The number of nitrogens with two attached hydrogens (primary N) is 3. The number of aliphatic carboxylic acids is 2. The summed E-state index contributed by atoms with van der Waals surface area (Å²) in [5, 5.41) is 39.9. The van der Waals surface area contributed by atoms with Crippen LogP contribution in [0.15, 0.2) is 0 Å².